The molecule has 2 aliphatic rings. The number of ketones is 1. The van der Waals surface area contributed by atoms with E-state index >= 15 is 0 Å². The minimum absolute atomic E-state index is 0.0335. The fourth-order valence-electron chi connectivity index (χ4n) is 4.23. The van der Waals surface area contributed by atoms with Crippen molar-refractivity contribution in [2.75, 3.05) is 5.32 Å². The van der Waals surface area contributed by atoms with Crippen molar-refractivity contribution in [1.82, 2.24) is 4.98 Å². The minimum atomic E-state index is -0.285. The van der Waals surface area contributed by atoms with E-state index in [2.05, 4.69) is 10.3 Å². The van der Waals surface area contributed by atoms with Crippen molar-refractivity contribution in [2.45, 2.75) is 39.0 Å². The highest BCUT2D eigenvalue weighted by Gasteiger charge is 2.41. The summed E-state index contributed by atoms with van der Waals surface area (Å²) in [6.45, 7) is 1.94. The number of carbonyl (C=O) groups is 2. The summed E-state index contributed by atoms with van der Waals surface area (Å²) in [5, 5.41) is 3.51. The maximum absolute atomic E-state index is 13.1. The lowest BCUT2D eigenvalue weighted by molar-refractivity contribution is -0.136. The highest BCUT2D eigenvalue weighted by atomic mass is 32.1. The van der Waals surface area contributed by atoms with Crippen molar-refractivity contribution in [2.24, 2.45) is 17.8 Å². The van der Waals surface area contributed by atoms with Crippen LogP contribution in [0.1, 0.15) is 37.0 Å². The van der Waals surface area contributed by atoms with Crippen molar-refractivity contribution < 1.29 is 14.0 Å². The number of rotatable bonds is 3. The molecule has 1 aromatic carbocycles. The van der Waals surface area contributed by atoms with Gasteiger partial charge in [0.25, 0.3) is 0 Å². The van der Waals surface area contributed by atoms with Crippen LogP contribution in [0.25, 0.3) is 11.3 Å². The van der Waals surface area contributed by atoms with E-state index in [1.807, 2.05) is 6.92 Å². The van der Waals surface area contributed by atoms with Crippen LogP contribution in [0, 0.1) is 30.5 Å². The summed E-state index contributed by atoms with van der Waals surface area (Å²) in [6, 6.07) is 6.20. The van der Waals surface area contributed by atoms with Gasteiger partial charge in [-0.3, -0.25) is 9.59 Å². The fraction of sp³-hybridized carbons (Fsp3) is 0.450. The van der Waals surface area contributed by atoms with E-state index in [4.69, 9.17) is 0 Å². The Morgan fingerprint density at radius 3 is 2.50 bits per heavy atom. The third-order valence-electron chi connectivity index (χ3n) is 5.56. The van der Waals surface area contributed by atoms with Gasteiger partial charge in [0.2, 0.25) is 5.91 Å². The van der Waals surface area contributed by atoms with Gasteiger partial charge in [0, 0.05) is 28.2 Å². The second-order valence-electron chi connectivity index (χ2n) is 7.32. The first kappa shape index (κ1) is 17.3. The van der Waals surface area contributed by atoms with Crippen LogP contribution in [0.5, 0.6) is 0 Å². The predicted molar refractivity (Wildman–Crippen MR) is 99.4 cm³/mol. The van der Waals surface area contributed by atoms with Gasteiger partial charge in [-0.05, 0) is 56.9 Å². The zero-order valence-electron chi connectivity index (χ0n) is 14.6. The standard InChI is InChI=1S/C20H21FN2O2S/c1-11-17(12-5-7-16(21)8-6-12)22-20(26-11)23-19(25)15-9-13-3-2-4-14(10-15)18(13)24/h5-8,13-15H,2-4,9-10H2,1H3,(H,22,23,25). The van der Waals surface area contributed by atoms with Crippen LogP contribution in [0.4, 0.5) is 9.52 Å². The number of hydrogen-bond donors (Lipinski definition) is 1. The molecule has 1 N–H and O–H groups in total. The summed E-state index contributed by atoms with van der Waals surface area (Å²) in [6.07, 6.45) is 4.27. The van der Waals surface area contributed by atoms with Crippen LogP contribution in [-0.2, 0) is 9.59 Å². The molecule has 2 unspecified atom stereocenters. The summed E-state index contributed by atoms with van der Waals surface area (Å²) >= 11 is 1.42. The molecule has 2 saturated carbocycles. The van der Waals surface area contributed by atoms with Crippen molar-refractivity contribution in [3.8, 4) is 11.3 Å². The van der Waals surface area contributed by atoms with E-state index in [1.54, 1.807) is 12.1 Å². The Balaban J connectivity index is 1.47. The van der Waals surface area contributed by atoms with Crippen LogP contribution in [-0.4, -0.2) is 16.7 Å². The van der Waals surface area contributed by atoms with Gasteiger partial charge in [0.05, 0.1) is 5.69 Å². The molecule has 1 aromatic heterocycles. The molecule has 136 valence electrons. The molecule has 2 bridgehead atoms. The van der Waals surface area contributed by atoms with Gasteiger partial charge in [-0.15, -0.1) is 11.3 Å². The molecule has 2 aromatic rings. The Morgan fingerprint density at radius 2 is 1.85 bits per heavy atom. The Bertz CT molecular complexity index is 830. The highest BCUT2D eigenvalue weighted by molar-refractivity contribution is 7.16. The number of aryl methyl sites for hydroxylation is 1. The van der Waals surface area contributed by atoms with Crippen molar-refractivity contribution in [3.05, 3.63) is 35.0 Å². The first-order chi connectivity index (χ1) is 12.5. The normalized spacial score (nSPS) is 25.2. The number of anilines is 1. The van der Waals surface area contributed by atoms with Gasteiger partial charge in [-0.1, -0.05) is 6.42 Å². The molecule has 1 heterocycles. The number of hydrogen-bond acceptors (Lipinski definition) is 4. The molecular formula is C20H21FN2O2S. The lowest BCUT2D eigenvalue weighted by atomic mass is 9.67. The van der Waals surface area contributed by atoms with Gasteiger partial charge in [-0.2, -0.15) is 0 Å². The number of carbonyl (C=O) groups excluding carboxylic acids is 2. The van der Waals surface area contributed by atoms with E-state index in [-0.39, 0.29) is 29.5 Å². The minimum Gasteiger partial charge on any atom is -0.302 e. The molecular weight excluding hydrogens is 351 g/mol. The summed E-state index contributed by atoms with van der Waals surface area (Å²) in [7, 11) is 0. The van der Waals surface area contributed by atoms with E-state index in [0.29, 0.717) is 23.8 Å². The third-order valence-corrected chi connectivity index (χ3v) is 6.45. The molecule has 4 rings (SSSR count). The third kappa shape index (κ3) is 3.30. The second kappa shape index (κ2) is 6.91. The summed E-state index contributed by atoms with van der Waals surface area (Å²) < 4.78 is 13.1. The van der Waals surface area contributed by atoms with Gasteiger partial charge >= 0.3 is 0 Å². The number of halogens is 1. The molecule has 2 fully saturated rings. The largest absolute Gasteiger partial charge is 0.302 e. The van der Waals surface area contributed by atoms with Crippen LogP contribution in [0.2, 0.25) is 0 Å². The number of fused-ring (bicyclic) bond motifs is 2. The van der Waals surface area contributed by atoms with E-state index in [0.717, 1.165) is 35.4 Å². The van der Waals surface area contributed by atoms with Crippen molar-refractivity contribution in [3.63, 3.8) is 0 Å². The Hall–Kier alpha value is -2.08. The fourth-order valence-corrected chi connectivity index (χ4v) is 5.07. The topological polar surface area (TPSA) is 59.1 Å². The van der Waals surface area contributed by atoms with Gasteiger partial charge < -0.3 is 5.32 Å². The summed E-state index contributed by atoms with van der Waals surface area (Å²) in [4.78, 5) is 30.4. The van der Waals surface area contributed by atoms with Gasteiger partial charge in [-0.25, -0.2) is 9.37 Å². The predicted octanol–water partition coefficient (Wildman–Crippen LogP) is 4.59. The molecule has 1 amide bonds. The number of amides is 1. The Labute approximate surface area is 155 Å². The monoisotopic (exact) mass is 372 g/mol. The second-order valence-corrected chi connectivity index (χ2v) is 8.52. The molecule has 0 radical (unpaired) electrons. The molecule has 2 aliphatic carbocycles. The van der Waals surface area contributed by atoms with Crippen LogP contribution < -0.4 is 5.32 Å². The molecule has 26 heavy (non-hydrogen) atoms. The number of aromatic nitrogens is 1. The van der Waals surface area contributed by atoms with E-state index < -0.39 is 0 Å². The molecule has 0 aliphatic heterocycles. The SMILES string of the molecule is Cc1sc(NC(=O)C2CC3CCCC(C2)C3=O)nc1-c1ccc(F)cc1. The number of nitrogens with one attached hydrogen (secondary N) is 1. The average Bonchev–Trinajstić information content (AvgIpc) is 2.95. The Kier molecular flexibility index (Phi) is 4.61. The maximum atomic E-state index is 13.1. The highest BCUT2D eigenvalue weighted by Crippen LogP contribution is 2.40. The first-order valence-electron chi connectivity index (χ1n) is 9.09. The molecule has 0 spiro atoms. The molecule has 2 atom stereocenters. The van der Waals surface area contributed by atoms with E-state index in [9.17, 15) is 14.0 Å². The quantitative estimate of drug-likeness (QED) is 0.857. The lowest BCUT2D eigenvalue weighted by Crippen LogP contribution is -2.40. The smallest absolute Gasteiger partial charge is 0.229 e. The Morgan fingerprint density at radius 1 is 1.19 bits per heavy atom. The summed E-state index contributed by atoms with van der Waals surface area (Å²) in [5.74, 6) is 0.0592. The van der Waals surface area contributed by atoms with E-state index in [1.165, 1.54) is 23.5 Å². The number of thiazole rings is 1. The van der Waals surface area contributed by atoms with Crippen molar-refractivity contribution >= 4 is 28.2 Å². The maximum Gasteiger partial charge on any atom is 0.229 e. The lowest BCUT2D eigenvalue weighted by Gasteiger charge is -2.36. The number of nitrogens with zero attached hydrogens (tertiary/aromatic N) is 1. The average molecular weight is 372 g/mol. The van der Waals surface area contributed by atoms with Gasteiger partial charge in [0.1, 0.15) is 11.6 Å². The van der Waals surface area contributed by atoms with Crippen LogP contribution >= 0.6 is 11.3 Å². The number of benzene rings is 1. The first-order valence-corrected chi connectivity index (χ1v) is 9.91. The van der Waals surface area contributed by atoms with Crippen molar-refractivity contribution in [1.29, 1.82) is 0 Å². The number of Topliss-reactive ketones (excluding diaryl/α,β-unsaturated/α-hetero) is 1. The van der Waals surface area contributed by atoms with Crippen LogP contribution in [0.15, 0.2) is 24.3 Å². The molecule has 0 saturated heterocycles. The van der Waals surface area contributed by atoms with Gasteiger partial charge in [0.15, 0.2) is 5.13 Å². The molecule has 6 heteroatoms. The zero-order valence-corrected chi connectivity index (χ0v) is 15.4. The summed E-state index contributed by atoms with van der Waals surface area (Å²) in [5.41, 5.74) is 1.60. The van der Waals surface area contributed by atoms with Crippen LogP contribution in [0.3, 0.4) is 0 Å². The molecule has 4 nitrogen and oxygen atoms in total. The zero-order chi connectivity index (χ0) is 18.3.